The highest BCUT2D eigenvalue weighted by atomic mass is 16.5. The van der Waals surface area contributed by atoms with E-state index in [1.165, 1.54) is 5.56 Å². The molecule has 36 heavy (non-hydrogen) atoms. The number of anilines is 1. The Morgan fingerprint density at radius 1 is 1.11 bits per heavy atom. The Bertz CT molecular complexity index is 1060. The molecule has 0 aliphatic carbocycles. The summed E-state index contributed by atoms with van der Waals surface area (Å²) in [6.45, 7) is 8.18. The lowest BCUT2D eigenvalue weighted by atomic mass is 9.96. The first kappa shape index (κ1) is 27.3. The zero-order valence-corrected chi connectivity index (χ0v) is 22.1. The van der Waals surface area contributed by atoms with Crippen molar-refractivity contribution in [3.8, 4) is 0 Å². The lowest BCUT2D eigenvalue weighted by Gasteiger charge is -2.24. The molecule has 0 bridgehead atoms. The molecule has 3 rings (SSSR count). The molecule has 1 aliphatic rings. The number of likely N-dealkylation sites (N-methyl/N-ethyl adjacent to an activating group) is 1. The monoisotopic (exact) mass is 488 g/mol. The Labute approximate surface area is 216 Å². The number of unbranched alkanes of at least 4 members (excludes halogenated alkanes) is 1. The minimum atomic E-state index is -0.199. The van der Waals surface area contributed by atoms with Crippen LogP contribution in [0.4, 0.5) is 5.69 Å². The second-order valence-electron chi connectivity index (χ2n) is 9.49. The highest BCUT2D eigenvalue weighted by molar-refractivity contribution is 6.19. The van der Waals surface area contributed by atoms with Crippen molar-refractivity contribution in [2.45, 2.75) is 59.2 Å². The van der Waals surface area contributed by atoms with Gasteiger partial charge < -0.3 is 19.9 Å². The molecule has 0 saturated carbocycles. The minimum absolute atomic E-state index is 0.0225. The van der Waals surface area contributed by atoms with E-state index in [1.54, 1.807) is 4.90 Å². The van der Waals surface area contributed by atoms with Crippen LogP contribution in [0.25, 0.3) is 0 Å². The summed E-state index contributed by atoms with van der Waals surface area (Å²) < 4.78 is 6.44. The van der Waals surface area contributed by atoms with Gasteiger partial charge in [0.1, 0.15) is 5.82 Å². The highest BCUT2D eigenvalue weighted by Crippen LogP contribution is 2.29. The van der Waals surface area contributed by atoms with E-state index in [-0.39, 0.29) is 12.0 Å². The minimum Gasteiger partial charge on any atom is -0.369 e. The van der Waals surface area contributed by atoms with Crippen LogP contribution >= 0.6 is 0 Å². The third-order valence-corrected chi connectivity index (χ3v) is 6.67. The van der Waals surface area contributed by atoms with Crippen LogP contribution in [0.2, 0.25) is 0 Å². The Hall–Kier alpha value is -3.25. The number of carbonyl (C=O) groups excluding carboxylic acids is 1. The van der Waals surface area contributed by atoms with Crippen LogP contribution in [-0.2, 0) is 16.1 Å². The van der Waals surface area contributed by atoms with Gasteiger partial charge in [-0.1, -0.05) is 76.1 Å². The van der Waals surface area contributed by atoms with Gasteiger partial charge in [0.05, 0.1) is 18.3 Å². The maximum atomic E-state index is 13.5. The van der Waals surface area contributed by atoms with Gasteiger partial charge in [0.15, 0.2) is 0 Å². The van der Waals surface area contributed by atoms with E-state index >= 15 is 0 Å². The largest absolute Gasteiger partial charge is 0.369 e. The van der Waals surface area contributed by atoms with Gasteiger partial charge in [-0.05, 0) is 42.0 Å². The standard InChI is InChI=1S/C30H40N4O2/c1-5-7-16-32-29-27(21-31)30(35)34(18-17-33(29)4)26-15-11-12-24(20-26)22-36-28(19-23(3)6-2)25-13-9-8-10-14-25/h8-16,20-21,23,28,31H,5-7,17-19,22H2,1-4H3/b31-21?,32-16+. The van der Waals surface area contributed by atoms with Crippen molar-refractivity contribution in [2.75, 3.05) is 25.0 Å². The molecule has 1 amide bonds. The van der Waals surface area contributed by atoms with E-state index in [1.807, 2.05) is 48.5 Å². The van der Waals surface area contributed by atoms with Crippen LogP contribution in [0.5, 0.6) is 0 Å². The summed E-state index contributed by atoms with van der Waals surface area (Å²) in [7, 11) is 1.92. The summed E-state index contributed by atoms with van der Waals surface area (Å²) in [6, 6.07) is 18.4. The third-order valence-electron chi connectivity index (χ3n) is 6.67. The molecular weight excluding hydrogens is 448 g/mol. The molecule has 0 saturated heterocycles. The second-order valence-corrected chi connectivity index (χ2v) is 9.49. The molecule has 0 aromatic heterocycles. The number of nitrogens with zero attached hydrogens (tertiary/aromatic N) is 3. The van der Waals surface area contributed by atoms with Crippen molar-refractivity contribution in [2.24, 2.45) is 10.9 Å². The SMILES string of the molecule is CCC/C=N/C1=C(C=N)C(=O)N(c2cccc(COC(CC(C)CC)c3ccccc3)c2)CCN1C. The first-order valence-corrected chi connectivity index (χ1v) is 13.0. The van der Waals surface area contributed by atoms with Gasteiger partial charge in [0.2, 0.25) is 0 Å². The van der Waals surface area contributed by atoms with Crippen LogP contribution in [0, 0.1) is 11.3 Å². The molecular formula is C30H40N4O2. The number of benzene rings is 2. The quantitative estimate of drug-likeness (QED) is 0.352. The summed E-state index contributed by atoms with van der Waals surface area (Å²) in [5.74, 6) is 0.921. The number of aliphatic imine (C=N–C) groups is 1. The van der Waals surface area contributed by atoms with Gasteiger partial charge in [-0.3, -0.25) is 4.79 Å². The molecule has 2 atom stereocenters. The van der Waals surface area contributed by atoms with Crippen molar-refractivity contribution >= 4 is 24.0 Å². The normalized spacial score (nSPS) is 16.4. The fourth-order valence-electron chi connectivity index (χ4n) is 4.24. The first-order valence-electron chi connectivity index (χ1n) is 13.0. The molecule has 2 aromatic rings. The van der Waals surface area contributed by atoms with Gasteiger partial charge in [-0.2, -0.15) is 0 Å². The number of hydrogen-bond donors (Lipinski definition) is 1. The Balaban J connectivity index is 1.81. The van der Waals surface area contributed by atoms with Gasteiger partial charge >= 0.3 is 0 Å². The number of rotatable bonds is 12. The van der Waals surface area contributed by atoms with E-state index in [4.69, 9.17) is 10.1 Å². The molecule has 6 nitrogen and oxygen atoms in total. The number of ether oxygens (including phenoxy) is 1. The van der Waals surface area contributed by atoms with E-state index in [9.17, 15) is 4.79 Å². The molecule has 0 fully saturated rings. The van der Waals surface area contributed by atoms with Crippen LogP contribution in [0.1, 0.15) is 63.7 Å². The molecule has 0 spiro atoms. The maximum Gasteiger partial charge on any atom is 0.263 e. The van der Waals surface area contributed by atoms with Gasteiger partial charge in [-0.15, -0.1) is 0 Å². The predicted molar refractivity (Wildman–Crippen MR) is 149 cm³/mol. The van der Waals surface area contributed by atoms with Crippen LogP contribution < -0.4 is 4.90 Å². The van der Waals surface area contributed by atoms with Crippen molar-refractivity contribution in [1.82, 2.24) is 4.90 Å². The lowest BCUT2D eigenvalue weighted by molar-refractivity contribution is -0.114. The zero-order chi connectivity index (χ0) is 25.9. The van der Waals surface area contributed by atoms with Crippen molar-refractivity contribution in [3.63, 3.8) is 0 Å². The topological polar surface area (TPSA) is 69.0 Å². The Kier molecular flexibility index (Phi) is 10.4. The fraction of sp³-hybridized carbons (Fsp3) is 0.433. The summed E-state index contributed by atoms with van der Waals surface area (Å²) in [6.07, 6.45) is 6.88. The first-order chi connectivity index (χ1) is 17.5. The summed E-state index contributed by atoms with van der Waals surface area (Å²) in [5.41, 5.74) is 3.33. The molecule has 0 radical (unpaired) electrons. The second kappa shape index (κ2) is 13.7. The molecule has 2 aromatic carbocycles. The summed E-state index contributed by atoms with van der Waals surface area (Å²) in [5, 5.41) is 7.94. The lowest BCUT2D eigenvalue weighted by Crippen LogP contribution is -2.34. The van der Waals surface area contributed by atoms with Gasteiger partial charge in [0.25, 0.3) is 5.91 Å². The Morgan fingerprint density at radius 2 is 1.89 bits per heavy atom. The van der Waals surface area contributed by atoms with E-state index in [0.717, 1.165) is 43.1 Å². The maximum absolute atomic E-state index is 13.5. The molecule has 192 valence electrons. The average Bonchev–Trinajstić information content (AvgIpc) is 3.02. The van der Waals surface area contributed by atoms with E-state index in [2.05, 4.69) is 50.0 Å². The number of carbonyl (C=O) groups is 1. The van der Waals surface area contributed by atoms with Gasteiger partial charge in [-0.25, -0.2) is 4.99 Å². The molecule has 1 aliphatic heterocycles. The molecule has 1 N–H and O–H groups in total. The van der Waals surface area contributed by atoms with Crippen LogP contribution in [0.3, 0.4) is 0 Å². The van der Waals surface area contributed by atoms with Crippen molar-refractivity contribution in [3.05, 3.63) is 77.1 Å². The van der Waals surface area contributed by atoms with Crippen LogP contribution in [0.15, 0.2) is 71.0 Å². The van der Waals surface area contributed by atoms with Crippen LogP contribution in [-0.4, -0.2) is 43.4 Å². The summed E-state index contributed by atoms with van der Waals surface area (Å²) in [4.78, 5) is 21.7. The average molecular weight is 489 g/mol. The smallest absolute Gasteiger partial charge is 0.263 e. The fourth-order valence-corrected chi connectivity index (χ4v) is 4.24. The van der Waals surface area contributed by atoms with Crippen molar-refractivity contribution in [1.29, 1.82) is 5.41 Å². The predicted octanol–water partition coefficient (Wildman–Crippen LogP) is 6.39. The molecule has 2 unspecified atom stereocenters. The number of nitrogens with one attached hydrogen (secondary N) is 1. The Morgan fingerprint density at radius 3 is 2.58 bits per heavy atom. The zero-order valence-electron chi connectivity index (χ0n) is 22.1. The molecule has 1 heterocycles. The van der Waals surface area contributed by atoms with E-state index < -0.39 is 0 Å². The van der Waals surface area contributed by atoms with Gasteiger partial charge in [0, 0.05) is 38.3 Å². The number of amides is 1. The third kappa shape index (κ3) is 7.14. The number of hydrogen-bond acceptors (Lipinski definition) is 5. The van der Waals surface area contributed by atoms with Crippen molar-refractivity contribution < 1.29 is 9.53 Å². The summed E-state index contributed by atoms with van der Waals surface area (Å²) >= 11 is 0. The highest BCUT2D eigenvalue weighted by Gasteiger charge is 2.27. The molecule has 6 heteroatoms. The van der Waals surface area contributed by atoms with E-state index in [0.29, 0.717) is 37.0 Å².